The van der Waals surface area contributed by atoms with Crippen molar-refractivity contribution in [2.45, 2.75) is 6.92 Å². The number of carbonyl (C=O) groups excluding carboxylic acids is 1. The molecule has 0 fully saturated rings. The van der Waals surface area contributed by atoms with Gasteiger partial charge in [0.05, 0.1) is 17.2 Å². The molecule has 2 aromatic rings. The Morgan fingerprint density at radius 1 is 1.33 bits per heavy atom. The van der Waals surface area contributed by atoms with Gasteiger partial charge in [-0.25, -0.2) is 0 Å². The Bertz CT molecular complexity index is 787. The first kappa shape index (κ1) is 17.0. The van der Waals surface area contributed by atoms with Crippen LogP contribution in [0.3, 0.4) is 0 Å². The summed E-state index contributed by atoms with van der Waals surface area (Å²) in [5, 5.41) is 13.3. The van der Waals surface area contributed by atoms with E-state index in [4.69, 9.17) is 10.5 Å². The van der Waals surface area contributed by atoms with E-state index < -0.39 is 10.8 Å². The third-order valence-corrected chi connectivity index (χ3v) is 3.09. The van der Waals surface area contributed by atoms with Gasteiger partial charge in [0, 0.05) is 23.9 Å². The number of anilines is 2. The van der Waals surface area contributed by atoms with Crippen LogP contribution in [-0.4, -0.2) is 17.4 Å². The van der Waals surface area contributed by atoms with E-state index in [2.05, 4.69) is 5.32 Å². The maximum Gasteiger partial charge on any atom is 0.271 e. The molecule has 7 nitrogen and oxygen atoms in total. The van der Waals surface area contributed by atoms with Gasteiger partial charge in [-0.3, -0.25) is 14.9 Å². The summed E-state index contributed by atoms with van der Waals surface area (Å²) in [5.41, 5.74) is 7.35. The van der Waals surface area contributed by atoms with E-state index >= 15 is 0 Å². The Morgan fingerprint density at radius 2 is 2.12 bits per heavy atom. The average Bonchev–Trinajstić information content (AvgIpc) is 2.55. The SMILES string of the molecule is CCOc1ccc(/C=C\C(=O)Nc2cccc([N+](=O)[O-])c2)cc1N. The van der Waals surface area contributed by atoms with Crippen LogP contribution >= 0.6 is 0 Å². The molecule has 1 amide bonds. The largest absolute Gasteiger partial charge is 0.492 e. The number of nitro benzene ring substituents is 1. The minimum atomic E-state index is -0.520. The molecule has 3 N–H and O–H groups in total. The van der Waals surface area contributed by atoms with Gasteiger partial charge in [-0.15, -0.1) is 0 Å². The number of hydrogen-bond acceptors (Lipinski definition) is 5. The zero-order valence-corrected chi connectivity index (χ0v) is 13.1. The number of nitrogens with zero attached hydrogens (tertiary/aromatic N) is 1. The van der Waals surface area contributed by atoms with E-state index in [9.17, 15) is 14.9 Å². The highest BCUT2D eigenvalue weighted by Crippen LogP contribution is 2.23. The van der Waals surface area contributed by atoms with Crippen LogP contribution < -0.4 is 15.8 Å². The fourth-order valence-electron chi connectivity index (χ4n) is 2.01. The van der Waals surface area contributed by atoms with Crippen molar-refractivity contribution in [2.75, 3.05) is 17.7 Å². The maximum absolute atomic E-state index is 11.9. The van der Waals surface area contributed by atoms with E-state index in [1.807, 2.05) is 6.92 Å². The van der Waals surface area contributed by atoms with Gasteiger partial charge in [0.1, 0.15) is 5.75 Å². The molecule has 7 heteroatoms. The summed E-state index contributed by atoms with van der Waals surface area (Å²) in [6.07, 6.45) is 2.92. The summed E-state index contributed by atoms with van der Waals surface area (Å²) < 4.78 is 5.34. The quantitative estimate of drug-likeness (QED) is 0.366. The van der Waals surface area contributed by atoms with Crippen LogP contribution in [0, 0.1) is 10.1 Å². The second-order valence-electron chi connectivity index (χ2n) is 4.86. The Hall–Kier alpha value is -3.35. The van der Waals surface area contributed by atoms with Crippen molar-refractivity contribution in [1.29, 1.82) is 0 Å². The number of non-ortho nitro benzene ring substituents is 1. The Morgan fingerprint density at radius 3 is 2.79 bits per heavy atom. The minimum Gasteiger partial charge on any atom is -0.492 e. The summed E-state index contributed by atoms with van der Waals surface area (Å²) in [5.74, 6) is 0.193. The Balaban J connectivity index is 2.04. The fourth-order valence-corrected chi connectivity index (χ4v) is 2.01. The zero-order chi connectivity index (χ0) is 17.5. The molecule has 0 bridgehead atoms. The number of carbonyl (C=O) groups is 1. The topological polar surface area (TPSA) is 107 Å². The average molecular weight is 327 g/mol. The van der Waals surface area contributed by atoms with E-state index in [0.29, 0.717) is 23.7 Å². The highest BCUT2D eigenvalue weighted by molar-refractivity contribution is 6.02. The molecule has 0 atom stereocenters. The summed E-state index contributed by atoms with van der Waals surface area (Å²) in [6.45, 7) is 2.39. The summed E-state index contributed by atoms with van der Waals surface area (Å²) >= 11 is 0. The lowest BCUT2D eigenvalue weighted by Crippen LogP contribution is -2.07. The molecule has 0 aliphatic heterocycles. The molecule has 24 heavy (non-hydrogen) atoms. The van der Waals surface area contributed by atoms with Crippen molar-refractivity contribution in [1.82, 2.24) is 0 Å². The van der Waals surface area contributed by atoms with Gasteiger partial charge < -0.3 is 15.8 Å². The van der Waals surface area contributed by atoms with Crippen LogP contribution in [0.15, 0.2) is 48.5 Å². The van der Waals surface area contributed by atoms with Crippen LogP contribution in [0.1, 0.15) is 12.5 Å². The number of amides is 1. The Kier molecular flexibility index (Phi) is 5.51. The maximum atomic E-state index is 11.9. The standard InChI is InChI=1S/C17H17N3O4/c1-2-24-16-8-6-12(10-15(16)18)7-9-17(21)19-13-4-3-5-14(11-13)20(22)23/h3-11H,2,18H2,1H3,(H,19,21)/b9-7-. The molecule has 2 aromatic carbocycles. The van der Waals surface area contributed by atoms with Gasteiger partial charge in [0.25, 0.3) is 5.69 Å². The highest BCUT2D eigenvalue weighted by atomic mass is 16.6. The summed E-state index contributed by atoms with van der Waals surface area (Å²) in [7, 11) is 0. The number of nitrogens with two attached hydrogens (primary N) is 1. The second-order valence-corrected chi connectivity index (χ2v) is 4.86. The lowest BCUT2D eigenvalue weighted by molar-refractivity contribution is -0.384. The normalized spacial score (nSPS) is 10.5. The van der Waals surface area contributed by atoms with E-state index in [1.165, 1.54) is 24.3 Å². The zero-order valence-electron chi connectivity index (χ0n) is 13.1. The lowest BCUT2D eigenvalue weighted by atomic mass is 10.1. The van der Waals surface area contributed by atoms with Crippen molar-refractivity contribution < 1.29 is 14.5 Å². The molecule has 124 valence electrons. The first-order valence-electron chi connectivity index (χ1n) is 7.25. The van der Waals surface area contributed by atoms with Gasteiger partial charge in [-0.05, 0) is 36.8 Å². The molecule has 0 spiro atoms. The molecular weight excluding hydrogens is 310 g/mol. The molecule has 0 radical (unpaired) electrons. The first-order valence-corrected chi connectivity index (χ1v) is 7.25. The third-order valence-electron chi connectivity index (χ3n) is 3.09. The number of rotatable bonds is 6. The van der Waals surface area contributed by atoms with Crippen LogP contribution in [0.25, 0.3) is 6.08 Å². The second kappa shape index (κ2) is 7.77. The number of benzene rings is 2. The Labute approximate surface area is 138 Å². The van der Waals surface area contributed by atoms with E-state index in [-0.39, 0.29) is 5.69 Å². The van der Waals surface area contributed by atoms with Crippen LogP contribution in [0.5, 0.6) is 5.75 Å². The molecule has 0 saturated heterocycles. The van der Waals surface area contributed by atoms with Crippen molar-refractivity contribution in [3.05, 3.63) is 64.2 Å². The van der Waals surface area contributed by atoms with Crippen LogP contribution in [-0.2, 0) is 4.79 Å². The molecule has 0 unspecified atom stereocenters. The molecule has 0 aliphatic carbocycles. The minimum absolute atomic E-state index is 0.0870. The number of nitrogen functional groups attached to an aromatic ring is 1. The van der Waals surface area contributed by atoms with Gasteiger partial charge in [-0.2, -0.15) is 0 Å². The van der Waals surface area contributed by atoms with E-state index in [0.717, 1.165) is 5.56 Å². The lowest BCUT2D eigenvalue weighted by Gasteiger charge is -2.07. The monoisotopic (exact) mass is 327 g/mol. The van der Waals surface area contributed by atoms with E-state index in [1.54, 1.807) is 30.3 Å². The smallest absolute Gasteiger partial charge is 0.271 e. The van der Waals surface area contributed by atoms with Crippen molar-refractivity contribution in [2.24, 2.45) is 0 Å². The summed E-state index contributed by atoms with van der Waals surface area (Å²) in [6, 6.07) is 10.9. The first-order chi connectivity index (χ1) is 11.5. The number of nitro groups is 1. The molecule has 0 aromatic heterocycles. The molecular formula is C17H17N3O4. The molecule has 0 saturated carbocycles. The van der Waals surface area contributed by atoms with Gasteiger partial charge in [0.2, 0.25) is 5.91 Å². The molecule has 0 heterocycles. The van der Waals surface area contributed by atoms with Crippen molar-refractivity contribution >= 4 is 29.0 Å². The van der Waals surface area contributed by atoms with Crippen LogP contribution in [0.4, 0.5) is 17.1 Å². The van der Waals surface area contributed by atoms with Crippen LogP contribution in [0.2, 0.25) is 0 Å². The molecule has 2 rings (SSSR count). The fraction of sp³-hybridized carbons (Fsp3) is 0.118. The summed E-state index contributed by atoms with van der Waals surface area (Å²) in [4.78, 5) is 22.1. The molecule has 0 aliphatic rings. The van der Waals surface area contributed by atoms with Gasteiger partial charge in [-0.1, -0.05) is 12.1 Å². The number of hydrogen-bond donors (Lipinski definition) is 2. The van der Waals surface area contributed by atoms with Gasteiger partial charge >= 0.3 is 0 Å². The van der Waals surface area contributed by atoms with Gasteiger partial charge in [0.15, 0.2) is 0 Å². The predicted molar refractivity (Wildman–Crippen MR) is 92.8 cm³/mol. The van der Waals surface area contributed by atoms with Crippen molar-refractivity contribution in [3.8, 4) is 5.75 Å². The highest BCUT2D eigenvalue weighted by Gasteiger charge is 2.06. The third kappa shape index (κ3) is 4.57. The number of ether oxygens (including phenoxy) is 1. The number of nitrogens with one attached hydrogen (secondary N) is 1. The van der Waals surface area contributed by atoms with Crippen molar-refractivity contribution in [3.63, 3.8) is 0 Å². The predicted octanol–water partition coefficient (Wildman–Crippen LogP) is 3.23.